The third-order valence-electron chi connectivity index (χ3n) is 4.93. The van der Waals surface area contributed by atoms with Crippen LogP contribution in [0.5, 0.6) is 0 Å². The molecular weight excluding hydrogens is 284 g/mol. The first-order valence-electron chi connectivity index (χ1n) is 8.37. The summed E-state index contributed by atoms with van der Waals surface area (Å²) in [4.78, 5) is 16.7. The van der Waals surface area contributed by atoms with Gasteiger partial charge < -0.3 is 19.5 Å². The van der Waals surface area contributed by atoms with Crippen molar-refractivity contribution in [2.45, 2.75) is 25.7 Å². The van der Waals surface area contributed by atoms with Gasteiger partial charge in [-0.05, 0) is 19.3 Å². The number of nitrogens with zero attached hydrogens (tertiary/aromatic N) is 2. The van der Waals surface area contributed by atoms with Crippen LogP contribution < -0.4 is 0 Å². The van der Waals surface area contributed by atoms with Crippen LogP contribution in [-0.2, 0) is 14.3 Å². The van der Waals surface area contributed by atoms with E-state index in [-0.39, 0.29) is 17.9 Å². The van der Waals surface area contributed by atoms with Crippen LogP contribution in [0.25, 0.3) is 0 Å². The number of morpholine rings is 1. The highest BCUT2D eigenvalue weighted by Gasteiger charge is 2.36. The van der Waals surface area contributed by atoms with E-state index in [0.717, 1.165) is 58.7 Å². The van der Waals surface area contributed by atoms with Gasteiger partial charge >= 0.3 is 0 Å². The maximum absolute atomic E-state index is 12.5. The van der Waals surface area contributed by atoms with Crippen LogP contribution in [0, 0.1) is 5.41 Å². The Bertz CT molecular complexity index is 347. The van der Waals surface area contributed by atoms with Gasteiger partial charge in [-0.2, -0.15) is 0 Å². The van der Waals surface area contributed by atoms with Crippen LogP contribution in [0.2, 0.25) is 0 Å². The van der Waals surface area contributed by atoms with Gasteiger partial charge in [-0.3, -0.25) is 9.69 Å². The standard InChI is InChI=1S/C16H30N2O4/c1-21-10-5-16(14-19)4-2-6-18(13-16)15(20)3-7-17-8-11-22-12-9-17/h19H,2-14H2,1H3/t16-/m1/s1. The Morgan fingerprint density at radius 1 is 1.32 bits per heavy atom. The first kappa shape index (κ1) is 17.7. The number of hydrogen-bond acceptors (Lipinski definition) is 5. The molecule has 0 radical (unpaired) electrons. The number of piperidine rings is 1. The van der Waals surface area contributed by atoms with E-state index in [9.17, 15) is 9.90 Å². The van der Waals surface area contributed by atoms with Crippen LogP contribution in [0.15, 0.2) is 0 Å². The molecule has 0 saturated carbocycles. The molecule has 0 bridgehead atoms. The number of carbonyl (C=O) groups is 1. The maximum atomic E-state index is 12.5. The summed E-state index contributed by atoms with van der Waals surface area (Å²) in [6.45, 7) is 6.42. The number of amides is 1. The Balaban J connectivity index is 1.80. The zero-order valence-corrected chi connectivity index (χ0v) is 13.8. The monoisotopic (exact) mass is 314 g/mol. The van der Waals surface area contributed by atoms with Crippen molar-refractivity contribution in [2.24, 2.45) is 5.41 Å². The van der Waals surface area contributed by atoms with Gasteiger partial charge in [0.1, 0.15) is 0 Å². The van der Waals surface area contributed by atoms with Gasteiger partial charge in [0.25, 0.3) is 0 Å². The molecule has 0 aromatic heterocycles. The number of aliphatic hydroxyl groups is 1. The number of carbonyl (C=O) groups excluding carboxylic acids is 1. The lowest BCUT2D eigenvalue weighted by atomic mass is 9.78. The molecule has 0 spiro atoms. The van der Waals surface area contributed by atoms with E-state index in [4.69, 9.17) is 9.47 Å². The van der Waals surface area contributed by atoms with Gasteiger partial charge in [0, 0.05) is 58.3 Å². The van der Waals surface area contributed by atoms with Crippen molar-refractivity contribution in [1.82, 2.24) is 9.80 Å². The predicted molar refractivity (Wildman–Crippen MR) is 83.7 cm³/mol. The van der Waals surface area contributed by atoms with E-state index in [1.54, 1.807) is 7.11 Å². The lowest BCUT2D eigenvalue weighted by molar-refractivity contribution is -0.136. The molecule has 22 heavy (non-hydrogen) atoms. The van der Waals surface area contributed by atoms with E-state index in [0.29, 0.717) is 19.6 Å². The molecule has 6 heteroatoms. The second kappa shape index (κ2) is 8.82. The summed E-state index contributed by atoms with van der Waals surface area (Å²) in [7, 11) is 1.68. The molecule has 2 saturated heterocycles. The molecule has 2 heterocycles. The zero-order valence-electron chi connectivity index (χ0n) is 13.8. The average molecular weight is 314 g/mol. The molecule has 128 valence electrons. The van der Waals surface area contributed by atoms with E-state index >= 15 is 0 Å². The fraction of sp³-hybridized carbons (Fsp3) is 0.938. The molecule has 6 nitrogen and oxygen atoms in total. The van der Waals surface area contributed by atoms with Crippen molar-refractivity contribution < 1.29 is 19.4 Å². The fourth-order valence-corrected chi connectivity index (χ4v) is 3.39. The molecule has 2 aliphatic rings. The molecule has 1 atom stereocenters. The molecule has 0 unspecified atom stereocenters. The fourth-order valence-electron chi connectivity index (χ4n) is 3.39. The minimum Gasteiger partial charge on any atom is -0.396 e. The first-order chi connectivity index (χ1) is 10.7. The zero-order chi connectivity index (χ0) is 15.8. The summed E-state index contributed by atoms with van der Waals surface area (Å²) < 4.78 is 10.5. The molecular formula is C16H30N2O4. The van der Waals surface area contributed by atoms with E-state index in [2.05, 4.69) is 4.90 Å². The van der Waals surface area contributed by atoms with Crippen molar-refractivity contribution >= 4 is 5.91 Å². The van der Waals surface area contributed by atoms with Crippen molar-refractivity contribution in [3.63, 3.8) is 0 Å². The van der Waals surface area contributed by atoms with Crippen LogP contribution in [0.1, 0.15) is 25.7 Å². The third-order valence-corrected chi connectivity index (χ3v) is 4.93. The summed E-state index contributed by atoms with van der Waals surface area (Å²) in [6.07, 6.45) is 3.31. The SMILES string of the molecule is COCC[C@]1(CO)CCCN(C(=O)CCN2CCOCC2)C1. The number of ether oxygens (including phenoxy) is 2. The smallest absolute Gasteiger partial charge is 0.223 e. The highest BCUT2D eigenvalue weighted by Crippen LogP contribution is 2.33. The Morgan fingerprint density at radius 3 is 2.77 bits per heavy atom. The second-order valence-corrected chi connectivity index (χ2v) is 6.52. The molecule has 2 fully saturated rings. The summed E-state index contributed by atoms with van der Waals surface area (Å²) in [6, 6.07) is 0. The Labute approximate surface area is 133 Å². The third kappa shape index (κ3) is 4.91. The second-order valence-electron chi connectivity index (χ2n) is 6.52. The average Bonchev–Trinajstić information content (AvgIpc) is 2.59. The Hall–Kier alpha value is -0.690. The first-order valence-corrected chi connectivity index (χ1v) is 8.37. The molecule has 2 rings (SSSR count). The lowest BCUT2D eigenvalue weighted by Crippen LogP contribution is -2.49. The molecule has 1 amide bonds. The quantitative estimate of drug-likeness (QED) is 0.734. The van der Waals surface area contributed by atoms with Crippen molar-refractivity contribution in [2.75, 3.05) is 66.3 Å². The summed E-state index contributed by atoms with van der Waals surface area (Å²) in [5.74, 6) is 0.210. The predicted octanol–water partition coefficient (Wildman–Crippen LogP) is 0.346. The molecule has 0 aromatic rings. The highest BCUT2D eigenvalue weighted by atomic mass is 16.5. The number of likely N-dealkylation sites (tertiary alicyclic amines) is 1. The molecule has 2 aliphatic heterocycles. The highest BCUT2D eigenvalue weighted by molar-refractivity contribution is 5.76. The van der Waals surface area contributed by atoms with Gasteiger partial charge in [0.05, 0.1) is 19.8 Å². The number of methoxy groups -OCH3 is 1. The van der Waals surface area contributed by atoms with Gasteiger partial charge in [-0.15, -0.1) is 0 Å². The van der Waals surface area contributed by atoms with Crippen LogP contribution in [0.3, 0.4) is 0 Å². The van der Waals surface area contributed by atoms with Crippen molar-refractivity contribution in [3.8, 4) is 0 Å². The van der Waals surface area contributed by atoms with Gasteiger partial charge in [-0.1, -0.05) is 0 Å². The minimum absolute atomic E-state index is 0.129. The normalized spacial score (nSPS) is 27.1. The summed E-state index contributed by atoms with van der Waals surface area (Å²) in [5, 5.41) is 9.79. The van der Waals surface area contributed by atoms with Gasteiger partial charge in [0.2, 0.25) is 5.91 Å². The van der Waals surface area contributed by atoms with E-state index < -0.39 is 0 Å². The topological polar surface area (TPSA) is 62.2 Å². The number of aliphatic hydroxyl groups excluding tert-OH is 1. The van der Waals surface area contributed by atoms with Crippen LogP contribution >= 0.6 is 0 Å². The van der Waals surface area contributed by atoms with Crippen molar-refractivity contribution in [3.05, 3.63) is 0 Å². The van der Waals surface area contributed by atoms with Crippen LogP contribution in [0.4, 0.5) is 0 Å². The van der Waals surface area contributed by atoms with Gasteiger partial charge in [-0.25, -0.2) is 0 Å². The maximum Gasteiger partial charge on any atom is 0.223 e. The Morgan fingerprint density at radius 2 is 2.09 bits per heavy atom. The van der Waals surface area contributed by atoms with Crippen molar-refractivity contribution in [1.29, 1.82) is 0 Å². The minimum atomic E-state index is -0.178. The van der Waals surface area contributed by atoms with Crippen LogP contribution in [-0.4, -0.2) is 87.1 Å². The largest absolute Gasteiger partial charge is 0.396 e. The molecule has 0 aromatic carbocycles. The van der Waals surface area contributed by atoms with Gasteiger partial charge in [0.15, 0.2) is 0 Å². The summed E-state index contributed by atoms with van der Waals surface area (Å²) >= 11 is 0. The van der Waals surface area contributed by atoms with E-state index in [1.807, 2.05) is 4.90 Å². The summed E-state index contributed by atoms with van der Waals surface area (Å²) in [5.41, 5.74) is -0.178. The van der Waals surface area contributed by atoms with E-state index in [1.165, 1.54) is 0 Å². The number of hydrogen-bond donors (Lipinski definition) is 1. The number of rotatable bonds is 7. The lowest BCUT2D eigenvalue weighted by Gasteiger charge is -2.42. The molecule has 1 N–H and O–H groups in total. The Kier molecular flexibility index (Phi) is 7.08. The molecule has 0 aliphatic carbocycles.